The maximum atomic E-state index is 4.40. The molecule has 1 aromatic heterocycles. The first-order valence-corrected chi connectivity index (χ1v) is 19.5. The summed E-state index contributed by atoms with van der Waals surface area (Å²) in [4.78, 5) is 9.46. The molecule has 0 atom stereocenters. The van der Waals surface area contributed by atoms with Crippen LogP contribution in [-0.2, 0) is 10.8 Å². The van der Waals surface area contributed by atoms with E-state index in [1.165, 1.54) is 71.8 Å². The largest absolute Gasteiger partial charge is 0.311 e. The molecule has 0 saturated carbocycles. The predicted octanol–water partition coefficient (Wildman–Crippen LogP) is 11.7. The molecule has 4 heteroatoms. The second-order valence-electron chi connectivity index (χ2n) is 17.4. The molecule has 0 unspecified atom stereocenters. The van der Waals surface area contributed by atoms with E-state index in [9.17, 15) is 0 Å². The number of hydrogen-bond donors (Lipinski definition) is 0. The Morgan fingerprint density at radius 2 is 0.818 bits per heavy atom. The lowest BCUT2D eigenvalue weighted by Crippen LogP contribution is -2.61. The zero-order valence-electron chi connectivity index (χ0n) is 32.4. The highest BCUT2D eigenvalue weighted by Crippen LogP contribution is 2.47. The molecule has 3 nitrogen and oxygen atoms in total. The molecular formula is C51H44BN3. The molecule has 0 bridgehead atoms. The molecule has 0 saturated heterocycles. The van der Waals surface area contributed by atoms with Crippen molar-refractivity contribution in [3.05, 3.63) is 169 Å². The number of pyridine rings is 1. The third-order valence-corrected chi connectivity index (χ3v) is 11.8. The Labute approximate surface area is 325 Å². The van der Waals surface area contributed by atoms with Gasteiger partial charge in [-0.15, -0.1) is 0 Å². The zero-order valence-corrected chi connectivity index (χ0v) is 32.4. The fourth-order valence-electron chi connectivity index (χ4n) is 8.86. The Hall–Kier alpha value is -6.13. The average Bonchev–Trinajstić information content (AvgIpc) is 3.19. The summed E-state index contributed by atoms with van der Waals surface area (Å²) >= 11 is 0. The number of aromatic nitrogens is 1. The van der Waals surface area contributed by atoms with Crippen LogP contribution in [0.1, 0.15) is 52.7 Å². The van der Waals surface area contributed by atoms with Crippen LogP contribution in [0.4, 0.5) is 34.1 Å². The van der Waals surface area contributed by atoms with E-state index in [0.717, 1.165) is 22.5 Å². The van der Waals surface area contributed by atoms with E-state index in [0.29, 0.717) is 0 Å². The molecule has 2 aliphatic rings. The van der Waals surface area contributed by atoms with Crippen molar-refractivity contribution in [2.45, 2.75) is 52.4 Å². The van der Waals surface area contributed by atoms with E-state index in [1.807, 2.05) is 12.4 Å². The van der Waals surface area contributed by atoms with E-state index in [2.05, 4.69) is 202 Å². The minimum atomic E-state index is 0.0194. The van der Waals surface area contributed by atoms with Crippen molar-refractivity contribution in [2.24, 2.45) is 0 Å². The maximum Gasteiger partial charge on any atom is 0.252 e. The molecule has 0 amide bonds. The molecule has 0 aliphatic carbocycles. The van der Waals surface area contributed by atoms with Gasteiger partial charge in [0.1, 0.15) is 0 Å². The third-order valence-electron chi connectivity index (χ3n) is 11.8. The van der Waals surface area contributed by atoms with Crippen molar-refractivity contribution < 1.29 is 0 Å². The van der Waals surface area contributed by atoms with E-state index >= 15 is 0 Å². The molecule has 3 heterocycles. The number of benzene rings is 7. The predicted molar refractivity (Wildman–Crippen MR) is 236 cm³/mol. The molecule has 0 fully saturated rings. The molecule has 0 radical (unpaired) electrons. The SMILES string of the molecule is CC(C)(C)c1ccc(N2c3cc4ccccc4cc3B3c4cc5ccccc5cc4N(c4ccc(C(C)(C)C)cc4)c4cc(-c5ccncc5)cc2c43)cc1. The van der Waals surface area contributed by atoms with Gasteiger partial charge in [-0.1, -0.05) is 126 Å². The van der Waals surface area contributed by atoms with Crippen molar-refractivity contribution >= 4 is 78.8 Å². The molecule has 2 aliphatic heterocycles. The summed E-state index contributed by atoms with van der Waals surface area (Å²) in [5, 5.41) is 4.98. The second-order valence-corrected chi connectivity index (χ2v) is 17.4. The van der Waals surface area contributed by atoms with Crippen molar-refractivity contribution in [3.8, 4) is 11.1 Å². The molecule has 55 heavy (non-hydrogen) atoms. The molecule has 266 valence electrons. The minimum Gasteiger partial charge on any atom is -0.311 e. The number of rotatable bonds is 3. The van der Waals surface area contributed by atoms with Crippen molar-refractivity contribution in [1.82, 2.24) is 4.98 Å². The average molecular weight is 710 g/mol. The summed E-state index contributed by atoms with van der Waals surface area (Å²) < 4.78 is 0. The van der Waals surface area contributed by atoms with Gasteiger partial charge in [-0.2, -0.15) is 0 Å². The van der Waals surface area contributed by atoms with Gasteiger partial charge >= 0.3 is 0 Å². The standard InChI is InChI=1S/C51H44BN3/c1-50(2,3)39-15-19-41(20-16-39)54-45-29-36-13-9-7-11-34(36)27-43(45)52-44-28-35-12-8-10-14-37(35)30-46(44)55(42-21-17-40(18-22-42)51(4,5)6)48-32-38(31-47(54)49(48)52)33-23-25-53-26-24-33/h7-32H,1-6H3. The highest BCUT2D eigenvalue weighted by molar-refractivity contribution is 7.00. The van der Waals surface area contributed by atoms with E-state index in [4.69, 9.17) is 0 Å². The lowest BCUT2D eigenvalue weighted by molar-refractivity contribution is 0.590. The van der Waals surface area contributed by atoms with E-state index < -0.39 is 0 Å². The molecule has 10 rings (SSSR count). The second kappa shape index (κ2) is 12.2. The Balaban J connectivity index is 1.33. The van der Waals surface area contributed by atoms with Crippen LogP contribution in [0.2, 0.25) is 0 Å². The Morgan fingerprint density at radius 3 is 1.22 bits per heavy atom. The minimum absolute atomic E-state index is 0.0194. The highest BCUT2D eigenvalue weighted by Gasteiger charge is 2.44. The number of nitrogens with zero attached hydrogens (tertiary/aromatic N) is 3. The van der Waals surface area contributed by atoms with Crippen LogP contribution in [0.25, 0.3) is 32.7 Å². The fourth-order valence-corrected chi connectivity index (χ4v) is 8.86. The first-order valence-electron chi connectivity index (χ1n) is 19.5. The van der Waals surface area contributed by atoms with E-state index in [-0.39, 0.29) is 17.5 Å². The van der Waals surface area contributed by atoms with Gasteiger partial charge in [0.25, 0.3) is 6.71 Å². The third kappa shape index (κ3) is 5.46. The van der Waals surface area contributed by atoms with Gasteiger partial charge in [-0.05, 0) is 132 Å². The monoisotopic (exact) mass is 709 g/mol. The van der Waals surface area contributed by atoms with Crippen molar-refractivity contribution in [1.29, 1.82) is 0 Å². The topological polar surface area (TPSA) is 19.4 Å². The summed E-state index contributed by atoms with van der Waals surface area (Å²) in [7, 11) is 0. The van der Waals surface area contributed by atoms with Crippen LogP contribution in [0.3, 0.4) is 0 Å². The molecule has 8 aromatic rings. The quantitative estimate of drug-likeness (QED) is 0.170. The number of fused-ring (bicyclic) bond motifs is 6. The zero-order chi connectivity index (χ0) is 37.6. The van der Waals surface area contributed by atoms with Gasteiger partial charge in [-0.25, -0.2) is 0 Å². The van der Waals surface area contributed by atoms with Crippen LogP contribution in [-0.4, -0.2) is 11.7 Å². The van der Waals surface area contributed by atoms with E-state index in [1.54, 1.807) is 0 Å². The van der Waals surface area contributed by atoms with Gasteiger partial charge in [0.15, 0.2) is 0 Å². The Bertz CT molecular complexity index is 2600. The highest BCUT2D eigenvalue weighted by atomic mass is 15.2. The summed E-state index contributed by atoms with van der Waals surface area (Å²) in [5.41, 5.74) is 16.2. The fraction of sp³-hybridized carbons (Fsp3) is 0.157. The lowest BCUT2D eigenvalue weighted by Gasteiger charge is -2.45. The normalized spacial score (nSPS) is 13.5. The Morgan fingerprint density at radius 1 is 0.418 bits per heavy atom. The van der Waals surface area contributed by atoms with Gasteiger partial charge in [0.05, 0.1) is 0 Å². The molecule has 0 spiro atoms. The number of anilines is 6. The lowest BCUT2D eigenvalue weighted by atomic mass is 9.33. The molecule has 0 N–H and O–H groups in total. The van der Waals surface area contributed by atoms with Crippen LogP contribution >= 0.6 is 0 Å². The van der Waals surface area contributed by atoms with Crippen LogP contribution in [0.5, 0.6) is 0 Å². The molecule has 7 aromatic carbocycles. The molecular weight excluding hydrogens is 665 g/mol. The van der Waals surface area contributed by atoms with Crippen molar-refractivity contribution in [3.63, 3.8) is 0 Å². The maximum absolute atomic E-state index is 4.40. The van der Waals surface area contributed by atoms with Gasteiger partial charge in [0, 0.05) is 46.5 Å². The van der Waals surface area contributed by atoms with Crippen LogP contribution < -0.4 is 26.2 Å². The van der Waals surface area contributed by atoms with Crippen molar-refractivity contribution in [2.75, 3.05) is 9.80 Å². The van der Waals surface area contributed by atoms with Gasteiger partial charge < -0.3 is 9.80 Å². The van der Waals surface area contributed by atoms with Gasteiger partial charge in [-0.3, -0.25) is 4.98 Å². The summed E-state index contributed by atoms with van der Waals surface area (Å²) in [6, 6.07) is 55.0. The first-order chi connectivity index (χ1) is 26.5. The first kappa shape index (κ1) is 33.4. The number of hydrogen-bond acceptors (Lipinski definition) is 3. The summed E-state index contributed by atoms with van der Waals surface area (Å²) in [5.74, 6) is 0. The van der Waals surface area contributed by atoms with Gasteiger partial charge in [0.2, 0.25) is 0 Å². The van der Waals surface area contributed by atoms with Crippen LogP contribution in [0, 0.1) is 0 Å². The summed E-state index contributed by atoms with van der Waals surface area (Å²) in [6.45, 7) is 13.7. The Kier molecular flexibility index (Phi) is 7.42. The van der Waals surface area contributed by atoms with Crippen LogP contribution in [0.15, 0.2) is 158 Å². The summed E-state index contributed by atoms with van der Waals surface area (Å²) in [6.07, 6.45) is 3.80. The smallest absolute Gasteiger partial charge is 0.252 e.